The second kappa shape index (κ2) is 4.26. The zero-order valence-electron chi connectivity index (χ0n) is 7.72. The van der Waals surface area contributed by atoms with Gasteiger partial charge in [0.25, 0.3) is 0 Å². The second-order valence-electron chi connectivity index (χ2n) is 2.26. The predicted octanol–water partition coefficient (Wildman–Crippen LogP) is 2.55. The Kier molecular flexibility index (Phi) is 3.29. The molecule has 0 aliphatic carbocycles. The molecular formula is C9H14N2S. The van der Waals surface area contributed by atoms with E-state index in [9.17, 15) is 0 Å². The molecule has 0 aromatic carbocycles. The first-order valence-corrected chi connectivity index (χ1v) is 5.04. The van der Waals surface area contributed by atoms with Crippen LogP contribution in [0, 0.1) is 6.92 Å². The van der Waals surface area contributed by atoms with Gasteiger partial charge in [-0.15, -0.1) is 11.3 Å². The standard InChI is InChI=1S/C7H8N2S.C2H6/c1-5-9-6-2-3-8-4-7(6)10-5;1-2/h2-3,8H,4H2,1H3;1-2H3. The van der Waals surface area contributed by atoms with Crippen LogP contribution in [0.25, 0.3) is 6.08 Å². The van der Waals surface area contributed by atoms with Crippen molar-refractivity contribution in [2.45, 2.75) is 27.3 Å². The summed E-state index contributed by atoms with van der Waals surface area (Å²) in [5.41, 5.74) is 1.14. The Balaban J connectivity index is 0.000000336. The first-order valence-electron chi connectivity index (χ1n) is 4.22. The van der Waals surface area contributed by atoms with Crippen molar-refractivity contribution in [3.8, 4) is 0 Å². The Morgan fingerprint density at radius 2 is 2.25 bits per heavy atom. The number of thiazole rings is 1. The molecular weight excluding hydrogens is 168 g/mol. The maximum atomic E-state index is 4.34. The molecule has 66 valence electrons. The fourth-order valence-corrected chi connectivity index (χ4v) is 1.91. The first kappa shape index (κ1) is 9.26. The zero-order valence-corrected chi connectivity index (χ0v) is 8.53. The molecule has 0 saturated carbocycles. The second-order valence-corrected chi connectivity index (χ2v) is 3.54. The summed E-state index contributed by atoms with van der Waals surface area (Å²) in [7, 11) is 0. The van der Waals surface area contributed by atoms with Crippen LogP contribution in [0.3, 0.4) is 0 Å². The van der Waals surface area contributed by atoms with Gasteiger partial charge in [-0.1, -0.05) is 13.8 Å². The number of fused-ring (bicyclic) bond motifs is 1. The molecule has 0 radical (unpaired) electrons. The van der Waals surface area contributed by atoms with Gasteiger partial charge in [0.15, 0.2) is 0 Å². The van der Waals surface area contributed by atoms with Gasteiger partial charge in [-0.25, -0.2) is 4.98 Å². The molecule has 2 nitrogen and oxygen atoms in total. The van der Waals surface area contributed by atoms with Gasteiger partial charge >= 0.3 is 0 Å². The van der Waals surface area contributed by atoms with E-state index in [-0.39, 0.29) is 0 Å². The largest absolute Gasteiger partial charge is 0.386 e. The molecule has 0 fully saturated rings. The van der Waals surface area contributed by atoms with E-state index in [0.29, 0.717) is 0 Å². The third-order valence-electron chi connectivity index (χ3n) is 1.46. The summed E-state index contributed by atoms with van der Waals surface area (Å²) in [6.45, 7) is 6.98. The number of nitrogens with zero attached hydrogens (tertiary/aromatic N) is 1. The fourth-order valence-electron chi connectivity index (χ4n) is 1.03. The van der Waals surface area contributed by atoms with Gasteiger partial charge in [-0.3, -0.25) is 0 Å². The molecule has 1 aliphatic heterocycles. The number of aromatic nitrogens is 1. The van der Waals surface area contributed by atoms with Crippen LogP contribution in [0.15, 0.2) is 6.20 Å². The van der Waals surface area contributed by atoms with Gasteiger partial charge in [0.2, 0.25) is 0 Å². The Bertz CT molecular complexity index is 276. The van der Waals surface area contributed by atoms with Crippen LogP contribution in [-0.2, 0) is 6.54 Å². The topological polar surface area (TPSA) is 24.9 Å². The molecule has 1 aromatic rings. The molecule has 1 N–H and O–H groups in total. The maximum absolute atomic E-state index is 4.34. The number of aryl methyl sites for hydroxylation is 1. The van der Waals surface area contributed by atoms with Crippen molar-refractivity contribution in [1.82, 2.24) is 10.3 Å². The van der Waals surface area contributed by atoms with E-state index in [2.05, 4.69) is 10.3 Å². The lowest BCUT2D eigenvalue weighted by atomic mass is 10.3. The highest BCUT2D eigenvalue weighted by molar-refractivity contribution is 7.11. The molecule has 2 rings (SSSR count). The summed E-state index contributed by atoms with van der Waals surface area (Å²) in [5, 5.41) is 4.30. The van der Waals surface area contributed by atoms with Gasteiger partial charge < -0.3 is 5.32 Å². The van der Waals surface area contributed by atoms with Crippen LogP contribution in [-0.4, -0.2) is 4.98 Å². The summed E-state index contributed by atoms with van der Waals surface area (Å²) in [5.74, 6) is 0. The smallest absolute Gasteiger partial charge is 0.0904 e. The summed E-state index contributed by atoms with van der Waals surface area (Å²) >= 11 is 1.77. The molecule has 3 heteroatoms. The SMILES string of the molecule is CC.Cc1nc2c(s1)CNC=C2. The third kappa shape index (κ3) is 1.85. The summed E-state index contributed by atoms with van der Waals surface area (Å²) in [4.78, 5) is 5.69. The van der Waals surface area contributed by atoms with Crippen LogP contribution in [0.5, 0.6) is 0 Å². The van der Waals surface area contributed by atoms with E-state index in [1.165, 1.54) is 4.88 Å². The van der Waals surface area contributed by atoms with Crippen LogP contribution in [0.2, 0.25) is 0 Å². The molecule has 0 amide bonds. The van der Waals surface area contributed by atoms with Crippen molar-refractivity contribution < 1.29 is 0 Å². The average Bonchev–Trinajstić information content (AvgIpc) is 2.48. The Morgan fingerprint density at radius 1 is 1.50 bits per heavy atom. The quantitative estimate of drug-likeness (QED) is 0.667. The van der Waals surface area contributed by atoms with Crippen LogP contribution in [0.1, 0.15) is 29.4 Å². The Morgan fingerprint density at radius 3 is 2.92 bits per heavy atom. The van der Waals surface area contributed by atoms with Crippen molar-refractivity contribution in [1.29, 1.82) is 0 Å². The highest BCUT2D eigenvalue weighted by atomic mass is 32.1. The van der Waals surface area contributed by atoms with Crippen molar-refractivity contribution in [3.05, 3.63) is 21.8 Å². The lowest BCUT2D eigenvalue weighted by Gasteiger charge is -2.03. The van der Waals surface area contributed by atoms with E-state index >= 15 is 0 Å². The van der Waals surface area contributed by atoms with Gasteiger partial charge in [0.05, 0.1) is 22.1 Å². The first-order chi connectivity index (χ1) is 5.86. The molecule has 1 aliphatic rings. The fraction of sp³-hybridized carbons (Fsp3) is 0.444. The van der Waals surface area contributed by atoms with Crippen molar-refractivity contribution in [2.24, 2.45) is 0 Å². The van der Waals surface area contributed by atoms with Gasteiger partial charge in [-0.05, 0) is 19.2 Å². The molecule has 0 spiro atoms. The van der Waals surface area contributed by atoms with Crippen molar-refractivity contribution >= 4 is 17.4 Å². The monoisotopic (exact) mass is 182 g/mol. The van der Waals surface area contributed by atoms with Crippen LogP contribution in [0.4, 0.5) is 0 Å². The lowest BCUT2D eigenvalue weighted by Crippen LogP contribution is -2.07. The Hall–Kier alpha value is -0.830. The van der Waals surface area contributed by atoms with Crippen molar-refractivity contribution in [3.63, 3.8) is 0 Å². The Labute approximate surface area is 77.3 Å². The van der Waals surface area contributed by atoms with E-state index in [1.54, 1.807) is 11.3 Å². The van der Waals surface area contributed by atoms with E-state index in [4.69, 9.17) is 0 Å². The number of nitrogens with one attached hydrogen (secondary N) is 1. The normalized spacial score (nSPS) is 12.6. The number of hydrogen-bond donors (Lipinski definition) is 1. The summed E-state index contributed by atoms with van der Waals surface area (Å²) in [6, 6.07) is 0. The molecule has 12 heavy (non-hydrogen) atoms. The minimum Gasteiger partial charge on any atom is -0.386 e. The molecule has 0 atom stereocenters. The van der Waals surface area contributed by atoms with E-state index in [0.717, 1.165) is 17.2 Å². The van der Waals surface area contributed by atoms with E-state index < -0.39 is 0 Å². The predicted molar refractivity (Wildman–Crippen MR) is 54.1 cm³/mol. The average molecular weight is 182 g/mol. The van der Waals surface area contributed by atoms with Gasteiger partial charge in [0, 0.05) is 0 Å². The zero-order chi connectivity index (χ0) is 8.97. The lowest BCUT2D eigenvalue weighted by molar-refractivity contribution is 0.870. The van der Waals surface area contributed by atoms with E-state index in [1.807, 2.05) is 33.0 Å². The minimum atomic E-state index is 0.942. The maximum Gasteiger partial charge on any atom is 0.0904 e. The third-order valence-corrected chi connectivity index (χ3v) is 2.44. The number of rotatable bonds is 0. The minimum absolute atomic E-state index is 0.942. The highest BCUT2D eigenvalue weighted by Crippen LogP contribution is 2.20. The molecule has 0 bridgehead atoms. The van der Waals surface area contributed by atoms with Crippen LogP contribution >= 0.6 is 11.3 Å². The number of hydrogen-bond acceptors (Lipinski definition) is 3. The van der Waals surface area contributed by atoms with Crippen LogP contribution < -0.4 is 5.32 Å². The summed E-state index contributed by atoms with van der Waals surface area (Å²) < 4.78 is 0. The van der Waals surface area contributed by atoms with Crippen molar-refractivity contribution in [2.75, 3.05) is 0 Å². The summed E-state index contributed by atoms with van der Waals surface area (Å²) in [6.07, 6.45) is 3.96. The van der Waals surface area contributed by atoms with Gasteiger partial charge in [-0.2, -0.15) is 0 Å². The van der Waals surface area contributed by atoms with Gasteiger partial charge in [0.1, 0.15) is 0 Å². The highest BCUT2D eigenvalue weighted by Gasteiger charge is 2.07. The molecule has 1 aromatic heterocycles. The molecule has 0 unspecified atom stereocenters. The molecule has 2 heterocycles. The molecule has 0 saturated heterocycles.